The number of benzene rings is 1. The van der Waals surface area contributed by atoms with E-state index in [-0.39, 0.29) is 23.8 Å². The fraction of sp³-hybridized carbons (Fsp3) is 0.467. The van der Waals surface area contributed by atoms with Crippen molar-refractivity contribution in [3.63, 3.8) is 0 Å². The average molecular weight is 289 g/mol. The number of anilines is 2. The molecule has 1 unspecified atom stereocenters. The lowest BCUT2D eigenvalue weighted by Gasteiger charge is -2.25. The molecule has 2 aliphatic rings. The van der Waals surface area contributed by atoms with Crippen molar-refractivity contribution >= 4 is 23.2 Å². The molecular formula is C15H19N3O3. The summed E-state index contributed by atoms with van der Waals surface area (Å²) < 4.78 is 5.30. The second-order valence-electron chi connectivity index (χ2n) is 5.56. The number of amides is 2. The van der Waals surface area contributed by atoms with Crippen LogP contribution in [-0.4, -0.2) is 31.5 Å². The zero-order valence-electron chi connectivity index (χ0n) is 12.0. The lowest BCUT2D eigenvalue weighted by molar-refractivity contribution is -0.124. The maximum atomic E-state index is 12.5. The third kappa shape index (κ3) is 2.58. The highest BCUT2D eigenvalue weighted by atomic mass is 16.5. The topological polar surface area (TPSA) is 79.5 Å². The van der Waals surface area contributed by atoms with Crippen LogP contribution in [0.25, 0.3) is 0 Å². The summed E-state index contributed by atoms with van der Waals surface area (Å²) in [4.78, 5) is 23.9. The Morgan fingerprint density at radius 1 is 1.48 bits per heavy atom. The molecule has 112 valence electrons. The van der Waals surface area contributed by atoms with Crippen LogP contribution in [0.4, 0.5) is 11.4 Å². The molecule has 0 radical (unpaired) electrons. The van der Waals surface area contributed by atoms with E-state index in [2.05, 4.69) is 16.0 Å². The smallest absolute Gasteiger partial charge is 0.262 e. The maximum absolute atomic E-state index is 12.5. The van der Waals surface area contributed by atoms with Crippen molar-refractivity contribution in [3.8, 4) is 5.75 Å². The molecule has 0 aromatic heterocycles. The van der Waals surface area contributed by atoms with Crippen LogP contribution in [0.15, 0.2) is 18.2 Å². The molecule has 2 aliphatic heterocycles. The molecule has 0 aliphatic carbocycles. The van der Waals surface area contributed by atoms with Gasteiger partial charge in [-0.15, -0.1) is 0 Å². The van der Waals surface area contributed by atoms with E-state index in [0.717, 1.165) is 19.4 Å². The first-order chi connectivity index (χ1) is 10.1. The minimum Gasteiger partial charge on any atom is -0.482 e. The standard InChI is InChI=1S/C15H19N3O3/c1-2-15(5-6-16-9-15)14(20)17-10-3-4-12-11(7-10)18-13(19)8-21-12/h3-4,7,16H,2,5-6,8-9H2,1H3,(H,17,20)(H,18,19). The monoisotopic (exact) mass is 289 g/mol. The average Bonchev–Trinajstić information content (AvgIpc) is 2.97. The Morgan fingerprint density at radius 2 is 2.33 bits per heavy atom. The molecule has 0 saturated carbocycles. The van der Waals surface area contributed by atoms with Gasteiger partial charge in [0, 0.05) is 12.2 Å². The second kappa shape index (κ2) is 5.37. The normalized spacial score (nSPS) is 24.0. The van der Waals surface area contributed by atoms with Crippen LogP contribution in [0.2, 0.25) is 0 Å². The number of rotatable bonds is 3. The van der Waals surface area contributed by atoms with Crippen LogP contribution in [-0.2, 0) is 9.59 Å². The molecule has 0 bridgehead atoms. The number of carbonyl (C=O) groups excluding carboxylic acids is 2. The minimum atomic E-state index is -0.338. The molecule has 1 aromatic carbocycles. The molecule has 1 aromatic rings. The van der Waals surface area contributed by atoms with Gasteiger partial charge in [0.2, 0.25) is 5.91 Å². The predicted octanol–water partition coefficient (Wildman–Crippen LogP) is 1.35. The SMILES string of the molecule is CCC1(C(=O)Nc2ccc3c(c2)NC(=O)CO3)CCNC1. The van der Waals surface area contributed by atoms with E-state index >= 15 is 0 Å². The van der Waals surface area contributed by atoms with Crippen molar-refractivity contribution < 1.29 is 14.3 Å². The van der Waals surface area contributed by atoms with Gasteiger partial charge in [0.05, 0.1) is 11.1 Å². The van der Waals surface area contributed by atoms with Crippen molar-refractivity contribution in [2.24, 2.45) is 5.41 Å². The van der Waals surface area contributed by atoms with E-state index in [4.69, 9.17) is 4.74 Å². The summed E-state index contributed by atoms with van der Waals surface area (Å²) in [6.45, 7) is 3.65. The predicted molar refractivity (Wildman–Crippen MR) is 79.4 cm³/mol. The highest BCUT2D eigenvalue weighted by molar-refractivity contribution is 5.99. The van der Waals surface area contributed by atoms with E-state index in [0.29, 0.717) is 23.7 Å². The number of hydrogen-bond acceptors (Lipinski definition) is 4. The van der Waals surface area contributed by atoms with Crippen LogP contribution >= 0.6 is 0 Å². The number of carbonyl (C=O) groups is 2. The molecule has 3 rings (SSSR count). The van der Waals surface area contributed by atoms with E-state index in [1.54, 1.807) is 18.2 Å². The summed E-state index contributed by atoms with van der Waals surface area (Å²) >= 11 is 0. The molecular weight excluding hydrogens is 270 g/mol. The maximum Gasteiger partial charge on any atom is 0.262 e. The van der Waals surface area contributed by atoms with Gasteiger partial charge >= 0.3 is 0 Å². The summed E-state index contributed by atoms with van der Waals surface area (Å²) in [5, 5.41) is 8.94. The Balaban J connectivity index is 1.77. The molecule has 1 saturated heterocycles. The molecule has 1 atom stereocenters. The summed E-state index contributed by atoms with van der Waals surface area (Å²) in [7, 11) is 0. The van der Waals surface area contributed by atoms with E-state index in [9.17, 15) is 9.59 Å². The van der Waals surface area contributed by atoms with Crippen molar-refractivity contribution in [1.82, 2.24) is 5.32 Å². The number of hydrogen-bond donors (Lipinski definition) is 3. The van der Waals surface area contributed by atoms with Crippen LogP contribution < -0.4 is 20.7 Å². The Morgan fingerprint density at radius 3 is 3.05 bits per heavy atom. The van der Waals surface area contributed by atoms with Gasteiger partial charge < -0.3 is 20.7 Å². The lowest BCUT2D eigenvalue weighted by atomic mass is 9.83. The van der Waals surface area contributed by atoms with Gasteiger partial charge in [0.15, 0.2) is 6.61 Å². The second-order valence-corrected chi connectivity index (χ2v) is 5.56. The quantitative estimate of drug-likeness (QED) is 0.784. The Kier molecular flexibility index (Phi) is 3.55. The molecule has 0 spiro atoms. The Labute approximate surface area is 123 Å². The van der Waals surface area contributed by atoms with Gasteiger partial charge in [0.1, 0.15) is 5.75 Å². The fourth-order valence-corrected chi connectivity index (χ4v) is 2.82. The van der Waals surface area contributed by atoms with E-state index in [1.807, 2.05) is 6.92 Å². The van der Waals surface area contributed by atoms with Gasteiger partial charge in [-0.2, -0.15) is 0 Å². The summed E-state index contributed by atoms with van der Waals surface area (Å²) in [5.74, 6) is 0.467. The fourth-order valence-electron chi connectivity index (χ4n) is 2.82. The zero-order chi connectivity index (χ0) is 14.9. The summed E-state index contributed by atoms with van der Waals surface area (Å²) in [6, 6.07) is 5.28. The van der Waals surface area contributed by atoms with Crippen LogP contribution in [0.3, 0.4) is 0 Å². The van der Waals surface area contributed by atoms with Crippen molar-refractivity contribution in [3.05, 3.63) is 18.2 Å². The Hall–Kier alpha value is -2.08. The molecule has 2 amide bonds. The summed E-state index contributed by atoms with van der Waals surface area (Å²) in [6.07, 6.45) is 1.65. The summed E-state index contributed by atoms with van der Waals surface area (Å²) in [5.41, 5.74) is 0.929. The number of ether oxygens (including phenoxy) is 1. The molecule has 6 nitrogen and oxygen atoms in total. The highest BCUT2D eigenvalue weighted by Crippen LogP contribution is 2.33. The highest BCUT2D eigenvalue weighted by Gasteiger charge is 2.39. The van der Waals surface area contributed by atoms with E-state index < -0.39 is 0 Å². The molecule has 21 heavy (non-hydrogen) atoms. The third-order valence-corrected chi connectivity index (χ3v) is 4.27. The molecule has 2 heterocycles. The van der Waals surface area contributed by atoms with Crippen molar-refractivity contribution in [1.29, 1.82) is 0 Å². The van der Waals surface area contributed by atoms with Gasteiger partial charge in [0.25, 0.3) is 5.91 Å². The van der Waals surface area contributed by atoms with Gasteiger partial charge in [-0.05, 0) is 37.6 Å². The lowest BCUT2D eigenvalue weighted by Crippen LogP contribution is -2.37. The molecule has 6 heteroatoms. The largest absolute Gasteiger partial charge is 0.482 e. The number of fused-ring (bicyclic) bond motifs is 1. The van der Waals surface area contributed by atoms with Gasteiger partial charge in [-0.1, -0.05) is 6.92 Å². The van der Waals surface area contributed by atoms with E-state index in [1.165, 1.54) is 0 Å². The van der Waals surface area contributed by atoms with Crippen LogP contribution in [0, 0.1) is 5.41 Å². The van der Waals surface area contributed by atoms with Gasteiger partial charge in [-0.3, -0.25) is 9.59 Å². The Bertz CT molecular complexity index is 580. The van der Waals surface area contributed by atoms with Gasteiger partial charge in [-0.25, -0.2) is 0 Å². The minimum absolute atomic E-state index is 0.0259. The third-order valence-electron chi connectivity index (χ3n) is 4.27. The van der Waals surface area contributed by atoms with Crippen molar-refractivity contribution in [2.45, 2.75) is 19.8 Å². The first kappa shape index (κ1) is 13.9. The first-order valence-corrected chi connectivity index (χ1v) is 7.22. The number of nitrogens with one attached hydrogen (secondary N) is 3. The molecule has 1 fully saturated rings. The van der Waals surface area contributed by atoms with Crippen LogP contribution in [0.5, 0.6) is 5.75 Å². The zero-order valence-corrected chi connectivity index (χ0v) is 12.0. The van der Waals surface area contributed by atoms with Crippen molar-refractivity contribution in [2.75, 3.05) is 30.3 Å². The van der Waals surface area contributed by atoms with Crippen LogP contribution in [0.1, 0.15) is 19.8 Å². The molecule has 3 N–H and O–H groups in total. The first-order valence-electron chi connectivity index (χ1n) is 7.22.